The molecule has 2 heterocycles. The van der Waals surface area contributed by atoms with Gasteiger partial charge in [0.05, 0.1) is 11.2 Å². The van der Waals surface area contributed by atoms with Crippen molar-refractivity contribution >= 4 is 15.9 Å². The summed E-state index contributed by atoms with van der Waals surface area (Å²) in [7, 11) is -3.34. The van der Waals surface area contributed by atoms with Gasteiger partial charge in [-0.05, 0) is 31.7 Å². The number of nitrogens with zero attached hydrogens (tertiary/aromatic N) is 2. The molecule has 0 saturated carbocycles. The minimum atomic E-state index is -3.34. The number of benzene rings is 1. The van der Waals surface area contributed by atoms with Gasteiger partial charge in [-0.25, -0.2) is 21.5 Å². The fourth-order valence-electron chi connectivity index (χ4n) is 4.02. The van der Waals surface area contributed by atoms with E-state index in [1.807, 2.05) is 6.92 Å². The van der Waals surface area contributed by atoms with Gasteiger partial charge in [0.25, 0.3) is 0 Å². The van der Waals surface area contributed by atoms with Crippen molar-refractivity contribution in [2.75, 3.05) is 25.4 Å². The number of hydrogen-bond donors (Lipinski definition) is 0. The molecule has 2 saturated heterocycles. The summed E-state index contributed by atoms with van der Waals surface area (Å²) in [6, 6.07) is 3.94. The van der Waals surface area contributed by atoms with Crippen LogP contribution in [0.3, 0.4) is 0 Å². The average molecular weight is 386 g/mol. The van der Waals surface area contributed by atoms with Gasteiger partial charge in [-0.2, -0.15) is 0 Å². The molecule has 0 unspecified atom stereocenters. The molecule has 2 aliphatic rings. The Balaban J connectivity index is 1.77. The zero-order valence-electron chi connectivity index (χ0n) is 14.9. The summed E-state index contributed by atoms with van der Waals surface area (Å²) in [5, 5.41) is 0. The molecule has 26 heavy (non-hydrogen) atoms. The molecule has 0 N–H and O–H groups in total. The Bertz CT molecular complexity index is 800. The van der Waals surface area contributed by atoms with Crippen molar-refractivity contribution in [3.8, 4) is 0 Å². The SMILES string of the molecule is CCCS(=O)(=O)N1CC[C@@]2(CCCN(Cc3cccc(F)c3F)C2=O)C1. The summed E-state index contributed by atoms with van der Waals surface area (Å²) in [4.78, 5) is 14.6. The quantitative estimate of drug-likeness (QED) is 0.781. The van der Waals surface area contributed by atoms with E-state index in [-0.39, 0.29) is 30.3 Å². The Kier molecular flexibility index (Phi) is 5.35. The van der Waals surface area contributed by atoms with Crippen molar-refractivity contribution in [2.24, 2.45) is 5.41 Å². The van der Waals surface area contributed by atoms with Gasteiger partial charge in [-0.1, -0.05) is 19.1 Å². The first kappa shape index (κ1) is 19.2. The first-order chi connectivity index (χ1) is 12.3. The molecule has 144 valence electrons. The molecule has 2 fully saturated rings. The second kappa shape index (κ2) is 7.23. The lowest BCUT2D eigenvalue weighted by molar-refractivity contribution is -0.146. The Morgan fingerprint density at radius 3 is 2.69 bits per heavy atom. The number of piperidine rings is 1. The highest BCUT2D eigenvalue weighted by atomic mass is 32.2. The molecule has 0 aromatic heterocycles. The third kappa shape index (κ3) is 3.49. The van der Waals surface area contributed by atoms with Crippen molar-refractivity contribution in [3.05, 3.63) is 35.4 Å². The summed E-state index contributed by atoms with van der Waals surface area (Å²) in [6.45, 7) is 2.82. The fourth-order valence-corrected chi connectivity index (χ4v) is 5.60. The molecule has 1 amide bonds. The number of sulfonamides is 1. The van der Waals surface area contributed by atoms with Gasteiger partial charge in [0.1, 0.15) is 0 Å². The molecular weight excluding hydrogens is 362 g/mol. The lowest BCUT2D eigenvalue weighted by Gasteiger charge is -2.39. The second-order valence-electron chi connectivity index (χ2n) is 7.22. The van der Waals surface area contributed by atoms with Crippen LogP contribution in [0.25, 0.3) is 0 Å². The Morgan fingerprint density at radius 2 is 1.96 bits per heavy atom. The maximum atomic E-state index is 14.0. The summed E-state index contributed by atoms with van der Waals surface area (Å²) >= 11 is 0. The average Bonchev–Trinajstić information content (AvgIpc) is 3.02. The number of likely N-dealkylation sites (tertiary alicyclic amines) is 1. The Hall–Kier alpha value is -1.54. The van der Waals surface area contributed by atoms with E-state index in [4.69, 9.17) is 0 Å². The van der Waals surface area contributed by atoms with Crippen LogP contribution < -0.4 is 0 Å². The number of hydrogen-bond acceptors (Lipinski definition) is 3. The van der Waals surface area contributed by atoms with Crippen LogP contribution in [0.5, 0.6) is 0 Å². The molecule has 1 spiro atoms. The van der Waals surface area contributed by atoms with Crippen LogP contribution in [-0.4, -0.2) is 48.9 Å². The topological polar surface area (TPSA) is 57.7 Å². The van der Waals surface area contributed by atoms with Gasteiger partial charge >= 0.3 is 0 Å². The minimum absolute atomic E-state index is 0.00584. The largest absolute Gasteiger partial charge is 0.338 e. The lowest BCUT2D eigenvalue weighted by atomic mass is 9.78. The molecule has 3 rings (SSSR count). The van der Waals surface area contributed by atoms with Crippen LogP contribution >= 0.6 is 0 Å². The molecular formula is C18H24F2N2O3S. The van der Waals surface area contributed by atoms with Gasteiger partial charge < -0.3 is 4.90 Å². The predicted molar refractivity (Wildman–Crippen MR) is 93.7 cm³/mol. The molecule has 0 aliphatic carbocycles. The van der Waals surface area contributed by atoms with Crippen molar-refractivity contribution in [3.63, 3.8) is 0 Å². The fraction of sp³-hybridized carbons (Fsp3) is 0.611. The molecule has 1 atom stereocenters. The van der Waals surface area contributed by atoms with E-state index in [1.165, 1.54) is 21.3 Å². The Labute approximate surface area is 153 Å². The summed E-state index contributed by atoms with van der Waals surface area (Å²) in [6.07, 6.45) is 2.37. The maximum absolute atomic E-state index is 14.0. The van der Waals surface area contributed by atoms with Crippen molar-refractivity contribution < 1.29 is 22.0 Å². The first-order valence-electron chi connectivity index (χ1n) is 8.99. The zero-order valence-corrected chi connectivity index (χ0v) is 15.7. The van der Waals surface area contributed by atoms with Crippen molar-refractivity contribution in [2.45, 2.75) is 39.2 Å². The third-order valence-corrected chi connectivity index (χ3v) is 7.41. The molecule has 0 bridgehead atoms. The van der Waals surface area contributed by atoms with Crippen molar-refractivity contribution in [1.29, 1.82) is 0 Å². The molecule has 2 aliphatic heterocycles. The highest BCUT2D eigenvalue weighted by Gasteiger charge is 2.50. The van der Waals surface area contributed by atoms with E-state index in [1.54, 1.807) is 0 Å². The zero-order chi connectivity index (χ0) is 18.9. The normalized spacial score (nSPS) is 24.6. The van der Waals surface area contributed by atoms with E-state index in [0.29, 0.717) is 32.4 Å². The molecule has 1 aromatic carbocycles. The molecule has 1 aromatic rings. The van der Waals surface area contributed by atoms with E-state index < -0.39 is 27.1 Å². The van der Waals surface area contributed by atoms with Crippen LogP contribution in [0.1, 0.15) is 38.2 Å². The molecule has 5 nitrogen and oxygen atoms in total. The number of rotatable bonds is 5. The van der Waals surface area contributed by atoms with E-state index in [9.17, 15) is 22.0 Å². The van der Waals surface area contributed by atoms with Gasteiger partial charge in [0.15, 0.2) is 11.6 Å². The van der Waals surface area contributed by atoms with Crippen LogP contribution in [0.4, 0.5) is 8.78 Å². The third-order valence-electron chi connectivity index (χ3n) is 5.39. The summed E-state index contributed by atoms with van der Waals surface area (Å²) < 4.78 is 53.5. The predicted octanol–water partition coefficient (Wildman–Crippen LogP) is 2.52. The van der Waals surface area contributed by atoms with Gasteiger partial charge in [-0.3, -0.25) is 4.79 Å². The highest BCUT2D eigenvalue weighted by Crippen LogP contribution is 2.41. The van der Waals surface area contributed by atoms with Gasteiger partial charge in [-0.15, -0.1) is 0 Å². The van der Waals surface area contributed by atoms with Gasteiger partial charge in [0.2, 0.25) is 15.9 Å². The monoisotopic (exact) mass is 386 g/mol. The number of halogens is 2. The minimum Gasteiger partial charge on any atom is -0.338 e. The molecule has 8 heteroatoms. The summed E-state index contributed by atoms with van der Waals surface area (Å²) in [5.41, 5.74) is -0.591. The summed E-state index contributed by atoms with van der Waals surface area (Å²) in [5.74, 6) is -1.94. The number of carbonyl (C=O) groups excluding carboxylic acids is 1. The van der Waals surface area contributed by atoms with Crippen LogP contribution in [0.15, 0.2) is 18.2 Å². The van der Waals surface area contributed by atoms with Crippen LogP contribution in [0, 0.1) is 17.0 Å². The maximum Gasteiger partial charge on any atom is 0.230 e. The Morgan fingerprint density at radius 1 is 1.19 bits per heavy atom. The van der Waals surface area contributed by atoms with E-state index >= 15 is 0 Å². The van der Waals surface area contributed by atoms with Crippen LogP contribution in [0.2, 0.25) is 0 Å². The van der Waals surface area contributed by atoms with Crippen LogP contribution in [-0.2, 0) is 21.4 Å². The second-order valence-corrected chi connectivity index (χ2v) is 9.31. The number of amides is 1. The van der Waals surface area contributed by atoms with E-state index in [2.05, 4.69) is 0 Å². The highest BCUT2D eigenvalue weighted by molar-refractivity contribution is 7.89. The first-order valence-corrected chi connectivity index (χ1v) is 10.6. The smallest absolute Gasteiger partial charge is 0.230 e. The number of carbonyl (C=O) groups is 1. The molecule has 0 radical (unpaired) electrons. The van der Waals surface area contributed by atoms with Crippen molar-refractivity contribution in [1.82, 2.24) is 9.21 Å². The standard InChI is InChI=1S/C18H24F2N2O3S/c1-2-11-26(24,25)22-10-8-18(13-22)7-4-9-21(17(18)23)12-14-5-3-6-15(19)16(14)20/h3,5-6H,2,4,7-13H2,1H3/t18-/m0/s1. The lowest BCUT2D eigenvalue weighted by Crippen LogP contribution is -2.50. The van der Waals surface area contributed by atoms with Gasteiger partial charge in [0, 0.05) is 31.7 Å². The van der Waals surface area contributed by atoms with E-state index in [0.717, 1.165) is 12.5 Å².